The second kappa shape index (κ2) is 4.58. The smallest absolute Gasteiger partial charge is 0.0679 e. The van der Waals surface area contributed by atoms with Gasteiger partial charge in [0.1, 0.15) is 0 Å². The van der Waals surface area contributed by atoms with Crippen LogP contribution in [0.4, 0.5) is 0 Å². The lowest BCUT2D eigenvalue weighted by Crippen LogP contribution is -2.24. The summed E-state index contributed by atoms with van der Waals surface area (Å²) in [6, 6.07) is 10.5. The fourth-order valence-corrected chi connectivity index (χ4v) is 1.95. The number of rotatable bonds is 3. The third kappa shape index (κ3) is 2.56. The Balaban J connectivity index is 1.78. The Bertz CT molecular complexity index is 273. The Morgan fingerprint density at radius 2 is 2.07 bits per heavy atom. The van der Waals surface area contributed by atoms with Crippen molar-refractivity contribution in [1.82, 2.24) is 4.90 Å². The van der Waals surface area contributed by atoms with Gasteiger partial charge in [-0.25, -0.2) is 0 Å². The van der Waals surface area contributed by atoms with Crippen molar-refractivity contribution in [3.63, 3.8) is 0 Å². The summed E-state index contributed by atoms with van der Waals surface area (Å²) in [5.74, 6) is 0. The highest BCUT2D eigenvalue weighted by atomic mass is 16.3. The molecule has 0 radical (unpaired) electrons. The number of hydrogen-bond acceptors (Lipinski definition) is 2. The van der Waals surface area contributed by atoms with Crippen molar-refractivity contribution in [3.05, 3.63) is 35.9 Å². The van der Waals surface area contributed by atoms with Crippen molar-refractivity contribution in [3.8, 4) is 0 Å². The third-order valence-electron chi connectivity index (χ3n) is 2.81. The van der Waals surface area contributed by atoms with E-state index in [1.165, 1.54) is 5.56 Å². The van der Waals surface area contributed by atoms with Crippen molar-refractivity contribution in [2.75, 3.05) is 19.6 Å². The second-order valence-electron chi connectivity index (χ2n) is 3.98. The first-order valence-corrected chi connectivity index (χ1v) is 5.29. The topological polar surface area (TPSA) is 23.5 Å². The maximum Gasteiger partial charge on any atom is 0.0679 e. The van der Waals surface area contributed by atoms with E-state index in [-0.39, 0.29) is 6.10 Å². The van der Waals surface area contributed by atoms with Crippen molar-refractivity contribution < 1.29 is 5.11 Å². The molecular formula is C12H17NO. The fourth-order valence-electron chi connectivity index (χ4n) is 1.95. The lowest BCUT2D eigenvalue weighted by atomic mass is 10.1. The first kappa shape index (κ1) is 9.69. The number of nitrogens with zero attached hydrogens (tertiary/aromatic N) is 1. The monoisotopic (exact) mass is 191 g/mol. The summed E-state index contributed by atoms with van der Waals surface area (Å²) in [6.07, 6.45) is 1.94. The normalized spacial score (nSPS) is 22.8. The molecule has 2 heteroatoms. The molecular weight excluding hydrogens is 174 g/mol. The van der Waals surface area contributed by atoms with Gasteiger partial charge in [0, 0.05) is 19.6 Å². The number of hydrogen-bond donors (Lipinski definition) is 1. The van der Waals surface area contributed by atoms with Crippen molar-refractivity contribution in [2.45, 2.75) is 18.9 Å². The van der Waals surface area contributed by atoms with Crippen molar-refractivity contribution in [2.24, 2.45) is 0 Å². The van der Waals surface area contributed by atoms with Crippen LogP contribution in [0.2, 0.25) is 0 Å². The van der Waals surface area contributed by atoms with Gasteiger partial charge in [0.2, 0.25) is 0 Å². The number of β-amino-alcohol motifs (C(OH)–C–C–N with tert-alkyl or cyclic N) is 1. The van der Waals surface area contributed by atoms with Gasteiger partial charge >= 0.3 is 0 Å². The first-order valence-electron chi connectivity index (χ1n) is 5.29. The lowest BCUT2D eigenvalue weighted by Gasteiger charge is -2.14. The Labute approximate surface area is 85.2 Å². The highest BCUT2D eigenvalue weighted by Gasteiger charge is 2.19. The minimum absolute atomic E-state index is 0.0919. The minimum Gasteiger partial charge on any atom is -0.392 e. The number of benzene rings is 1. The van der Waals surface area contributed by atoms with Crippen LogP contribution in [0.3, 0.4) is 0 Å². The summed E-state index contributed by atoms with van der Waals surface area (Å²) < 4.78 is 0. The Kier molecular flexibility index (Phi) is 3.17. The molecule has 1 fully saturated rings. The summed E-state index contributed by atoms with van der Waals surface area (Å²) in [4.78, 5) is 2.33. The molecule has 0 spiro atoms. The van der Waals surface area contributed by atoms with Gasteiger partial charge in [-0.1, -0.05) is 30.3 Å². The molecule has 2 nitrogen and oxygen atoms in total. The molecule has 1 aliphatic heterocycles. The van der Waals surface area contributed by atoms with Crippen LogP contribution < -0.4 is 0 Å². The molecule has 14 heavy (non-hydrogen) atoms. The molecule has 1 aromatic rings. The van der Waals surface area contributed by atoms with Crippen LogP contribution in [0.1, 0.15) is 12.0 Å². The van der Waals surface area contributed by atoms with Gasteiger partial charge in [0.15, 0.2) is 0 Å². The molecule has 1 N–H and O–H groups in total. The maximum absolute atomic E-state index is 9.36. The van der Waals surface area contributed by atoms with E-state index in [1.807, 2.05) is 6.07 Å². The fraction of sp³-hybridized carbons (Fsp3) is 0.500. The van der Waals surface area contributed by atoms with E-state index >= 15 is 0 Å². The average molecular weight is 191 g/mol. The quantitative estimate of drug-likeness (QED) is 0.778. The molecule has 1 aromatic carbocycles. The van der Waals surface area contributed by atoms with Gasteiger partial charge in [-0.15, -0.1) is 0 Å². The number of aliphatic hydroxyl groups excluding tert-OH is 1. The highest BCUT2D eigenvalue weighted by Crippen LogP contribution is 2.09. The summed E-state index contributed by atoms with van der Waals surface area (Å²) in [5, 5.41) is 9.36. The Hall–Kier alpha value is -0.860. The lowest BCUT2D eigenvalue weighted by molar-refractivity contribution is 0.177. The molecule has 0 bridgehead atoms. The largest absolute Gasteiger partial charge is 0.392 e. The molecule has 0 aliphatic carbocycles. The summed E-state index contributed by atoms with van der Waals surface area (Å²) >= 11 is 0. The molecule has 2 rings (SSSR count). The van der Waals surface area contributed by atoms with Gasteiger partial charge in [-0.2, -0.15) is 0 Å². The molecule has 1 aliphatic rings. The van der Waals surface area contributed by atoms with Crippen LogP contribution in [0, 0.1) is 0 Å². The van der Waals surface area contributed by atoms with Crippen LogP contribution in [0.25, 0.3) is 0 Å². The number of aliphatic hydroxyl groups is 1. The van der Waals surface area contributed by atoms with E-state index in [1.54, 1.807) is 0 Å². The van der Waals surface area contributed by atoms with Gasteiger partial charge in [-0.05, 0) is 18.4 Å². The van der Waals surface area contributed by atoms with E-state index < -0.39 is 0 Å². The molecule has 0 amide bonds. The summed E-state index contributed by atoms with van der Waals surface area (Å²) in [7, 11) is 0. The predicted molar refractivity (Wildman–Crippen MR) is 57.2 cm³/mol. The van der Waals surface area contributed by atoms with Crippen LogP contribution in [0.5, 0.6) is 0 Å². The SMILES string of the molecule is O[C@@H]1CCN(CCc2ccccc2)C1. The van der Waals surface area contributed by atoms with E-state index in [0.29, 0.717) is 0 Å². The van der Waals surface area contributed by atoms with E-state index in [0.717, 1.165) is 32.5 Å². The van der Waals surface area contributed by atoms with Crippen LogP contribution in [-0.2, 0) is 6.42 Å². The zero-order valence-corrected chi connectivity index (χ0v) is 8.39. The standard InChI is InChI=1S/C12H17NO/c14-12-7-9-13(10-12)8-6-11-4-2-1-3-5-11/h1-5,12,14H,6-10H2/t12-/m1/s1. The first-order chi connectivity index (χ1) is 6.84. The Morgan fingerprint density at radius 3 is 2.71 bits per heavy atom. The zero-order valence-electron chi connectivity index (χ0n) is 8.39. The summed E-state index contributed by atoms with van der Waals surface area (Å²) in [6.45, 7) is 2.97. The highest BCUT2D eigenvalue weighted by molar-refractivity contribution is 5.14. The Morgan fingerprint density at radius 1 is 1.29 bits per heavy atom. The van der Waals surface area contributed by atoms with E-state index in [9.17, 15) is 5.11 Å². The van der Waals surface area contributed by atoms with Crippen LogP contribution >= 0.6 is 0 Å². The van der Waals surface area contributed by atoms with Gasteiger partial charge in [0.25, 0.3) is 0 Å². The van der Waals surface area contributed by atoms with Gasteiger partial charge in [0.05, 0.1) is 6.10 Å². The zero-order chi connectivity index (χ0) is 9.80. The van der Waals surface area contributed by atoms with Gasteiger partial charge in [-0.3, -0.25) is 0 Å². The predicted octanol–water partition coefficient (Wildman–Crippen LogP) is 1.30. The van der Waals surface area contributed by atoms with Crippen LogP contribution in [-0.4, -0.2) is 35.7 Å². The average Bonchev–Trinajstić information content (AvgIpc) is 2.63. The van der Waals surface area contributed by atoms with Crippen molar-refractivity contribution >= 4 is 0 Å². The second-order valence-corrected chi connectivity index (χ2v) is 3.98. The minimum atomic E-state index is -0.0919. The molecule has 1 saturated heterocycles. The van der Waals surface area contributed by atoms with E-state index in [2.05, 4.69) is 29.2 Å². The molecule has 0 unspecified atom stereocenters. The summed E-state index contributed by atoms with van der Waals surface area (Å²) in [5.41, 5.74) is 1.38. The number of likely N-dealkylation sites (tertiary alicyclic amines) is 1. The molecule has 0 aromatic heterocycles. The van der Waals surface area contributed by atoms with E-state index in [4.69, 9.17) is 0 Å². The molecule has 0 saturated carbocycles. The third-order valence-corrected chi connectivity index (χ3v) is 2.81. The molecule has 1 atom stereocenters. The van der Waals surface area contributed by atoms with Crippen LogP contribution in [0.15, 0.2) is 30.3 Å². The van der Waals surface area contributed by atoms with Crippen molar-refractivity contribution in [1.29, 1.82) is 0 Å². The maximum atomic E-state index is 9.36. The van der Waals surface area contributed by atoms with Gasteiger partial charge < -0.3 is 10.0 Å². The molecule has 76 valence electrons. The molecule has 1 heterocycles.